The average Bonchev–Trinajstić information content (AvgIpc) is 3.07. The van der Waals surface area contributed by atoms with Crippen LogP contribution < -0.4 is 0 Å². The Labute approximate surface area is 199 Å². The molecule has 5 heteroatoms. The van der Waals surface area contributed by atoms with Crippen LogP contribution in [0.2, 0.25) is 0 Å². The van der Waals surface area contributed by atoms with Crippen LogP contribution >= 0.6 is 0 Å². The zero-order chi connectivity index (χ0) is 24.0. The zero-order valence-corrected chi connectivity index (χ0v) is 21.3. The molecule has 0 spiro atoms. The van der Waals surface area contributed by atoms with Crippen molar-refractivity contribution in [3.05, 3.63) is 11.6 Å². The number of esters is 2. The lowest BCUT2D eigenvalue weighted by atomic mass is 9.47. The van der Waals surface area contributed by atoms with Crippen LogP contribution in [0.5, 0.6) is 0 Å². The Morgan fingerprint density at radius 3 is 2.45 bits per heavy atom. The molecule has 0 aromatic heterocycles. The first-order chi connectivity index (χ1) is 15.5. The summed E-state index contributed by atoms with van der Waals surface area (Å²) in [6, 6.07) is 0. The lowest BCUT2D eigenvalue weighted by Gasteiger charge is -2.58. The maximum absolute atomic E-state index is 11.5. The molecule has 4 aliphatic rings. The Morgan fingerprint density at radius 1 is 1.09 bits per heavy atom. The minimum absolute atomic E-state index is 0.112. The van der Waals surface area contributed by atoms with Crippen molar-refractivity contribution in [3.63, 3.8) is 0 Å². The smallest absolute Gasteiger partial charge is 0.373 e. The van der Waals surface area contributed by atoms with E-state index in [0.717, 1.165) is 17.8 Å². The third-order valence-electron chi connectivity index (χ3n) is 10.3. The van der Waals surface area contributed by atoms with Gasteiger partial charge in [-0.2, -0.15) is 0 Å². The summed E-state index contributed by atoms with van der Waals surface area (Å²) >= 11 is 0. The predicted molar refractivity (Wildman–Crippen MR) is 127 cm³/mol. The van der Waals surface area contributed by atoms with Crippen molar-refractivity contribution in [1.82, 2.24) is 0 Å². The number of hydrogen-bond acceptors (Lipinski definition) is 5. The summed E-state index contributed by atoms with van der Waals surface area (Å²) in [5.41, 5.74) is 2.51. The summed E-state index contributed by atoms with van der Waals surface area (Å²) in [7, 11) is 0. The summed E-state index contributed by atoms with van der Waals surface area (Å²) in [6.45, 7) is 9.78. The fourth-order valence-corrected chi connectivity index (χ4v) is 8.86. The van der Waals surface area contributed by atoms with Gasteiger partial charge in [0.15, 0.2) is 0 Å². The molecule has 4 rings (SSSR count). The van der Waals surface area contributed by atoms with E-state index in [1.807, 2.05) is 0 Å². The van der Waals surface area contributed by atoms with E-state index in [4.69, 9.17) is 9.47 Å². The lowest BCUT2D eigenvalue weighted by molar-refractivity contribution is -0.327. The van der Waals surface area contributed by atoms with Gasteiger partial charge in [0.05, 0.1) is 6.42 Å². The Morgan fingerprint density at radius 2 is 1.79 bits per heavy atom. The molecule has 0 aromatic carbocycles. The van der Waals surface area contributed by atoms with Crippen LogP contribution in [0.4, 0.5) is 0 Å². The standard InChI is InChI=1S/C28H44O5/c1-18(13-17-28(31,32-19(2)29)33-20(3)30)23-11-12-24-22-10-9-21-8-6-7-15-26(21,4)25(22)14-16-27(23,24)5/h9,18,22-25,31H,6-8,10-17H2,1-5H3/t18-,22+,23-,24+,25+,26+,27-/m1/s1. The van der Waals surface area contributed by atoms with Gasteiger partial charge in [-0.1, -0.05) is 38.8 Å². The molecule has 3 saturated carbocycles. The average molecular weight is 461 g/mol. The van der Waals surface area contributed by atoms with Gasteiger partial charge >= 0.3 is 17.9 Å². The molecule has 5 nitrogen and oxygen atoms in total. The molecule has 0 saturated heterocycles. The maximum atomic E-state index is 11.5. The fourth-order valence-electron chi connectivity index (χ4n) is 8.86. The lowest BCUT2D eigenvalue weighted by Crippen LogP contribution is -2.50. The second-order valence-electron chi connectivity index (χ2n) is 12.1. The van der Waals surface area contributed by atoms with Crippen LogP contribution in [0.1, 0.15) is 105 Å². The van der Waals surface area contributed by atoms with E-state index in [1.54, 1.807) is 5.57 Å². The minimum atomic E-state index is -2.16. The molecule has 0 radical (unpaired) electrons. The van der Waals surface area contributed by atoms with E-state index >= 15 is 0 Å². The molecule has 7 atom stereocenters. The van der Waals surface area contributed by atoms with Crippen molar-refractivity contribution in [2.24, 2.45) is 40.4 Å². The Hall–Kier alpha value is -1.36. The normalized spacial score (nSPS) is 38.9. The van der Waals surface area contributed by atoms with Crippen LogP contribution in [-0.2, 0) is 19.1 Å². The molecular formula is C28H44O5. The number of fused-ring (bicyclic) bond motifs is 5. The Bertz CT molecular complexity index is 786. The Balaban J connectivity index is 1.46. The van der Waals surface area contributed by atoms with E-state index in [1.165, 1.54) is 71.6 Å². The van der Waals surface area contributed by atoms with Crippen LogP contribution in [0.3, 0.4) is 0 Å². The second-order valence-corrected chi connectivity index (χ2v) is 12.1. The van der Waals surface area contributed by atoms with Crippen molar-refractivity contribution < 1.29 is 24.2 Å². The quantitative estimate of drug-likeness (QED) is 0.293. The SMILES string of the molecule is CC(=O)OC(O)(CC[C@@H](C)[C@H]1CC[C@H]2[C@@H]3CC=C4CCCC[C@]4(C)[C@H]3CC[C@]12C)OC(C)=O. The van der Waals surface area contributed by atoms with Gasteiger partial charge < -0.3 is 14.6 Å². The topological polar surface area (TPSA) is 72.8 Å². The number of rotatable bonds is 6. The molecule has 0 amide bonds. The van der Waals surface area contributed by atoms with Gasteiger partial charge in [0.25, 0.3) is 0 Å². The number of hydrogen-bond donors (Lipinski definition) is 1. The number of aliphatic hydroxyl groups is 1. The van der Waals surface area contributed by atoms with Crippen molar-refractivity contribution >= 4 is 11.9 Å². The summed E-state index contributed by atoms with van der Waals surface area (Å²) in [4.78, 5) is 22.9. The van der Waals surface area contributed by atoms with E-state index in [2.05, 4.69) is 26.8 Å². The first-order valence-corrected chi connectivity index (χ1v) is 13.3. The van der Waals surface area contributed by atoms with Crippen LogP contribution in [-0.4, -0.2) is 23.0 Å². The van der Waals surface area contributed by atoms with Gasteiger partial charge in [-0.05, 0) is 98.2 Å². The Kier molecular flexibility index (Phi) is 6.76. The maximum Gasteiger partial charge on any atom is 0.373 e. The van der Waals surface area contributed by atoms with E-state index < -0.39 is 17.9 Å². The number of carbonyl (C=O) groups is 2. The van der Waals surface area contributed by atoms with Crippen LogP contribution in [0.15, 0.2) is 11.6 Å². The highest BCUT2D eigenvalue weighted by molar-refractivity contribution is 5.68. The highest BCUT2D eigenvalue weighted by Crippen LogP contribution is 2.67. The largest absolute Gasteiger partial charge is 0.398 e. The summed E-state index contributed by atoms with van der Waals surface area (Å²) in [5, 5.41) is 10.6. The second kappa shape index (κ2) is 9.02. The van der Waals surface area contributed by atoms with Crippen molar-refractivity contribution in [3.8, 4) is 0 Å². The number of carbonyl (C=O) groups excluding carboxylic acids is 2. The zero-order valence-electron chi connectivity index (χ0n) is 21.3. The summed E-state index contributed by atoms with van der Waals surface area (Å²) in [6.07, 6.45) is 15.2. The first-order valence-electron chi connectivity index (χ1n) is 13.3. The number of allylic oxidation sites excluding steroid dienone is 2. The molecule has 0 bridgehead atoms. The molecule has 33 heavy (non-hydrogen) atoms. The minimum Gasteiger partial charge on any atom is -0.398 e. The van der Waals surface area contributed by atoms with E-state index in [9.17, 15) is 14.7 Å². The molecule has 3 fully saturated rings. The molecular weight excluding hydrogens is 416 g/mol. The van der Waals surface area contributed by atoms with Gasteiger partial charge in [0.2, 0.25) is 0 Å². The molecule has 0 unspecified atom stereocenters. The van der Waals surface area contributed by atoms with Gasteiger partial charge in [-0.25, -0.2) is 0 Å². The van der Waals surface area contributed by atoms with Crippen molar-refractivity contribution in [2.75, 3.05) is 0 Å². The van der Waals surface area contributed by atoms with Gasteiger partial charge in [0.1, 0.15) is 0 Å². The molecule has 186 valence electrons. The molecule has 0 aromatic rings. The summed E-state index contributed by atoms with van der Waals surface area (Å²) < 4.78 is 9.99. The first kappa shape index (κ1) is 24.8. The van der Waals surface area contributed by atoms with Crippen LogP contribution in [0, 0.1) is 40.4 Å². The highest BCUT2D eigenvalue weighted by Gasteiger charge is 2.58. The van der Waals surface area contributed by atoms with Crippen LogP contribution in [0.25, 0.3) is 0 Å². The third kappa shape index (κ3) is 4.51. The molecule has 0 aliphatic heterocycles. The number of ether oxygens (including phenoxy) is 2. The van der Waals surface area contributed by atoms with E-state index in [-0.39, 0.29) is 6.42 Å². The molecule has 4 aliphatic carbocycles. The molecule has 0 heterocycles. The third-order valence-corrected chi connectivity index (χ3v) is 10.3. The summed E-state index contributed by atoms with van der Waals surface area (Å²) in [5.74, 6) is -0.142. The van der Waals surface area contributed by atoms with Crippen molar-refractivity contribution in [1.29, 1.82) is 0 Å². The molecule has 1 N–H and O–H groups in total. The van der Waals surface area contributed by atoms with E-state index in [0.29, 0.717) is 29.1 Å². The van der Waals surface area contributed by atoms with Gasteiger partial charge in [-0.3, -0.25) is 9.59 Å². The highest BCUT2D eigenvalue weighted by atomic mass is 16.8. The van der Waals surface area contributed by atoms with Gasteiger partial charge in [-0.15, -0.1) is 0 Å². The predicted octanol–water partition coefficient (Wildman–Crippen LogP) is 6.14. The monoisotopic (exact) mass is 460 g/mol. The van der Waals surface area contributed by atoms with Gasteiger partial charge in [0, 0.05) is 13.8 Å². The van der Waals surface area contributed by atoms with Crippen molar-refractivity contribution in [2.45, 2.75) is 111 Å². The fraction of sp³-hybridized carbons (Fsp3) is 0.857.